The van der Waals surface area contributed by atoms with Gasteiger partial charge in [-0.3, -0.25) is 10.1 Å². The molecule has 0 fully saturated rings. The molecule has 0 saturated carbocycles. The first-order chi connectivity index (χ1) is 8.70. The minimum absolute atomic E-state index is 0.0130. The Balaban J connectivity index is 2.71. The molecular formula is C11H15N5O2. The third-order valence-corrected chi connectivity index (χ3v) is 2.25. The predicted octanol–water partition coefficient (Wildman–Crippen LogP) is 1.27. The van der Waals surface area contributed by atoms with Gasteiger partial charge in [-0.2, -0.15) is 5.26 Å². The van der Waals surface area contributed by atoms with Crippen LogP contribution in [-0.4, -0.2) is 29.5 Å². The standard InChI is InChI=1S/C11H15N5O2/c1-2-4-13-6-7-15-11-10(16(17)18)9(8-12)3-5-14-11/h3,5,13H,2,4,6-7H2,1H3,(H,14,15). The summed E-state index contributed by atoms with van der Waals surface area (Å²) in [5.74, 6) is 0.136. The van der Waals surface area contributed by atoms with Crippen molar-refractivity contribution in [3.8, 4) is 6.07 Å². The van der Waals surface area contributed by atoms with Crippen molar-refractivity contribution in [3.63, 3.8) is 0 Å². The zero-order chi connectivity index (χ0) is 13.4. The number of nitrogens with one attached hydrogen (secondary N) is 2. The number of rotatable bonds is 7. The zero-order valence-electron chi connectivity index (χ0n) is 10.1. The predicted molar refractivity (Wildman–Crippen MR) is 67.3 cm³/mol. The number of anilines is 1. The molecule has 0 amide bonds. The Morgan fingerprint density at radius 2 is 2.28 bits per heavy atom. The van der Waals surface area contributed by atoms with Gasteiger partial charge in [-0.1, -0.05) is 6.92 Å². The van der Waals surface area contributed by atoms with Crippen LogP contribution in [0.2, 0.25) is 0 Å². The lowest BCUT2D eigenvalue weighted by molar-refractivity contribution is -0.384. The van der Waals surface area contributed by atoms with Crippen LogP contribution in [0.4, 0.5) is 11.5 Å². The average Bonchev–Trinajstić information content (AvgIpc) is 2.37. The van der Waals surface area contributed by atoms with Gasteiger partial charge in [0.25, 0.3) is 0 Å². The summed E-state index contributed by atoms with van der Waals surface area (Å²) >= 11 is 0. The van der Waals surface area contributed by atoms with Gasteiger partial charge in [0.1, 0.15) is 11.6 Å². The van der Waals surface area contributed by atoms with E-state index in [9.17, 15) is 10.1 Å². The second-order valence-corrected chi connectivity index (χ2v) is 3.60. The van der Waals surface area contributed by atoms with Crippen LogP contribution >= 0.6 is 0 Å². The average molecular weight is 249 g/mol. The Morgan fingerprint density at radius 3 is 2.89 bits per heavy atom. The van der Waals surface area contributed by atoms with Crippen molar-refractivity contribution < 1.29 is 4.92 Å². The molecule has 2 N–H and O–H groups in total. The molecule has 0 radical (unpaired) electrons. The largest absolute Gasteiger partial charge is 0.363 e. The molecule has 1 heterocycles. The fourth-order valence-corrected chi connectivity index (χ4v) is 1.43. The van der Waals surface area contributed by atoms with Crippen LogP contribution in [0.25, 0.3) is 0 Å². The minimum Gasteiger partial charge on any atom is -0.363 e. The molecule has 1 rings (SSSR count). The first-order valence-electron chi connectivity index (χ1n) is 5.68. The Labute approximate surface area is 105 Å². The van der Waals surface area contributed by atoms with Crippen LogP contribution in [0.15, 0.2) is 12.3 Å². The summed E-state index contributed by atoms with van der Waals surface area (Å²) in [7, 11) is 0. The van der Waals surface area contributed by atoms with E-state index >= 15 is 0 Å². The topological polar surface area (TPSA) is 104 Å². The lowest BCUT2D eigenvalue weighted by Crippen LogP contribution is -2.23. The van der Waals surface area contributed by atoms with E-state index in [0.29, 0.717) is 13.1 Å². The van der Waals surface area contributed by atoms with Crippen LogP contribution < -0.4 is 10.6 Å². The highest BCUT2D eigenvalue weighted by atomic mass is 16.6. The van der Waals surface area contributed by atoms with E-state index in [1.807, 2.05) is 0 Å². The molecular weight excluding hydrogens is 234 g/mol. The lowest BCUT2D eigenvalue weighted by atomic mass is 10.2. The molecule has 0 aliphatic rings. The molecule has 0 aliphatic carbocycles. The van der Waals surface area contributed by atoms with E-state index < -0.39 is 4.92 Å². The SMILES string of the molecule is CCCNCCNc1nccc(C#N)c1[N+](=O)[O-]. The number of nitriles is 1. The van der Waals surface area contributed by atoms with E-state index in [1.165, 1.54) is 12.3 Å². The monoisotopic (exact) mass is 249 g/mol. The molecule has 0 unspecified atom stereocenters. The molecule has 7 nitrogen and oxygen atoms in total. The molecule has 7 heteroatoms. The maximum atomic E-state index is 10.9. The van der Waals surface area contributed by atoms with Gasteiger partial charge in [0.05, 0.1) is 4.92 Å². The van der Waals surface area contributed by atoms with Crippen molar-refractivity contribution in [2.45, 2.75) is 13.3 Å². The molecule has 1 aromatic rings. The maximum absolute atomic E-state index is 10.9. The highest BCUT2D eigenvalue weighted by Gasteiger charge is 2.20. The van der Waals surface area contributed by atoms with Crippen LogP contribution in [0, 0.1) is 21.4 Å². The van der Waals surface area contributed by atoms with E-state index in [4.69, 9.17) is 5.26 Å². The van der Waals surface area contributed by atoms with Gasteiger partial charge in [-0.05, 0) is 19.0 Å². The number of pyridine rings is 1. The van der Waals surface area contributed by atoms with Crippen molar-refractivity contribution >= 4 is 11.5 Å². The number of nitrogens with zero attached hydrogens (tertiary/aromatic N) is 3. The summed E-state index contributed by atoms with van der Waals surface area (Å²) in [6.45, 7) is 4.16. The van der Waals surface area contributed by atoms with Crippen LogP contribution in [0.5, 0.6) is 0 Å². The molecule has 0 spiro atoms. The quantitative estimate of drug-likeness (QED) is 0.428. The van der Waals surface area contributed by atoms with Crippen molar-refractivity contribution in [1.29, 1.82) is 5.26 Å². The molecule has 18 heavy (non-hydrogen) atoms. The summed E-state index contributed by atoms with van der Waals surface area (Å²) in [6, 6.07) is 3.12. The Kier molecular flexibility index (Phi) is 5.54. The number of aromatic nitrogens is 1. The van der Waals surface area contributed by atoms with Gasteiger partial charge in [0.2, 0.25) is 5.82 Å². The third-order valence-electron chi connectivity index (χ3n) is 2.25. The normalized spacial score (nSPS) is 9.78. The highest BCUT2D eigenvalue weighted by Crippen LogP contribution is 2.25. The summed E-state index contributed by atoms with van der Waals surface area (Å²) in [5, 5.41) is 25.7. The summed E-state index contributed by atoms with van der Waals surface area (Å²) < 4.78 is 0. The van der Waals surface area contributed by atoms with Crippen molar-refractivity contribution in [2.24, 2.45) is 0 Å². The fourth-order valence-electron chi connectivity index (χ4n) is 1.43. The highest BCUT2D eigenvalue weighted by molar-refractivity contribution is 5.63. The molecule has 0 saturated heterocycles. The second-order valence-electron chi connectivity index (χ2n) is 3.60. The van der Waals surface area contributed by atoms with Gasteiger partial charge in [0.15, 0.2) is 0 Å². The van der Waals surface area contributed by atoms with E-state index in [1.54, 1.807) is 6.07 Å². The van der Waals surface area contributed by atoms with Crippen LogP contribution in [-0.2, 0) is 0 Å². The minimum atomic E-state index is -0.590. The fraction of sp³-hybridized carbons (Fsp3) is 0.455. The second kappa shape index (κ2) is 7.19. The van der Waals surface area contributed by atoms with Gasteiger partial charge in [0, 0.05) is 19.3 Å². The first-order valence-corrected chi connectivity index (χ1v) is 5.68. The molecule has 0 atom stereocenters. The van der Waals surface area contributed by atoms with Gasteiger partial charge in [-0.15, -0.1) is 0 Å². The van der Waals surface area contributed by atoms with E-state index in [2.05, 4.69) is 22.5 Å². The van der Waals surface area contributed by atoms with Gasteiger partial charge >= 0.3 is 5.69 Å². The molecule has 96 valence electrons. The maximum Gasteiger partial charge on any atom is 0.328 e. The molecule has 0 aliphatic heterocycles. The molecule has 0 aromatic carbocycles. The van der Waals surface area contributed by atoms with Crippen LogP contribution in [0.3, 0.4) is 0 Å². The van der Waals surface area contributed by atoms with Crippen molar-refractivity contribution in [1.82, 2.24) is 10.3 Å². The number of nitro groups is 1. The van der Waals surface area contributed by atoms with Crippen LogP contribution in [0.1, 0.15) is 18.9 Å². The molecule has 1 aromatic heterocycles. The van der Waals surface area contributed by atoms with Gasteiger partial charge < -0.3 is 10.6 Å². The third kappa shape index (κ3) is 3.68. The number of hydrogen-bond acceptors (Lipinski definition) is 6. The summed E-state index contributed by atoms with van der Waals surface area (Å²) in [5.41, 5.74) is -0.255. The van der Waals surface area contributed by atoms with E-state index in [0.717, 1.165) is 13.0 Å². The Hall–Kier alpha value is -2.20. The molecule has 0 bridgehead atoms. The Morgan fingerprint density at radius 1 is 1.50 bits per heavy atom. The number of hydrogen-bond donors (Lipinski definition) is 2. The van der Waals surface area contributed by atoms with E-state index in [-0.39, 0.29) is 17.1 Å². The summed E-state index contributed by atoms with van der Waals surface area (Å²) in [4.78, 5) is 14.2. The van der Waals surface area contributed by atoms with Crippen molar-refractivity contribution in [2.75, 3.05) is 25.0 Å². The zero-order valence-corrected chi connectivity index (χ0v) is 10.1. The van der Waals surface area contributed by atoms with Crippen molar-refractivity contribution in [3.05, 3.63) is 27.9 Å². The smallest absolute Gasteiger partial charge is 0.328 e. The van der Waals surface area contributed by atoms with Gasteiger partial charge in [-0.25, -0.2) is 4.98 Å². The summed E-state index contributed by atoms with van der Waals surface area (Å²) in [6.07, 6.45) is 2.41. The Bertz CT molecular complexity index is 455. The lowest BCUT2D eigenvalue weighted by Gasteiger charge is -2.07. The first kappa shape index (κ1) is 13.9.